The zero-order valence-electron chi connectivity index (χ0n) is 8.76. The monoisotopic (exact) mass is 243 g/mol. The van der Waals surface area contributed by atoms with Crippen molar-refractivity contribution in [3.8, 4) is 0 Å². The second-order valence-corrected chi connectivity index (χ2v) is 5.24. The van der Waals surface area contributed by atoms with Gasteiger partial charge in [-0.05, 0) is 30.9 Å². The Morgan fingerprint density at radius 1 is 1.33 bits per heavy atom. The highest BCUT2D eigenvalue weighted by atomic mass is 35.5. The van der Waals surface area contributed by atoms with Crippen molar-refractivity contribution >= 4 is 23.2 Å². The molecule has 0 spiro atoms. The van der Waals surface area contributed by atoms with Crippen molar-refractivity contribution in [1.29, 1.82) is 0 Å². The minimum absolute atomic E-state index is 0.338. The lowest BCUT2D eigenvalue weighted by molar-refractivity contribution is 0.349. The van der Waals surface area contributed by atoms with E-state index in [2.05, 4.69) is 6.92 Å². The van der Waals surface area contributed by atoms with Crippen molar-refractivity contribution in [1.82, 2.24) is 0 Å². The smallest absolute Gasteiger partial charge is 0.0471 e. The summed E-state index contributed by atoms with van der Waals surface area (Å²) >= 11 is 12.4. The van der Waals surface area contributed by atoms with Crippen LogP contribution in [0.4, 0.5) is 0 Å². The number of hydrogen-bond acceptors (Lipinski definition) is 1. The summed E-state index contributed by atoms with van der Waals surface area (Å²) in [5.74, 6) is 0.440. The molecule has 2 atom stereocenters. The van der Waals surface area contributed by atoms with Crippen LogP contribution >= 0.6 is 23.2 Å². The molecule has 15 heavy (non-hydrogen) atoms. The zero-order valence-corrected chi connectivity index (χ0v) is 10.3. The fourth-order valence-electron chi connectivity index (χ4n) is 2.52. The molecule has 1 aromatic rings. The van der Waals surface area contributed by atoms with Gasteiger partial charge in [0.05, 0.1) is 0 Å². The molecule has 0 amide bonds. The zero-order chi connectivity index (χ0) is 11.1. The van der Waals surface area contributed by atoms with E-state index in [0.29, 0.717) is 16.0 Å². The van der Waals surface area contributed by atoms with E-state index in [-0.39, 0.29) is 5.54 Å². The van der Waals surface area contributed by atoms with Gasteiger partial charge in [0.15, 0.2) is 0 Å². The first-order valence-corrected chi connectivity index (χ1v) is 6.04. The average Bonchev–Trinajstić information content (AvgIpc) is 2.47. The predicted molar refractivity (Wildman–Crippen MR) is 65.3 cm³/mol. The Morgan fingerprint density at radius 2 is 1.93 bits per heavy atom. The third-order valence-electron chi connectivity index (χ3n) is 3.54. The lowest BCUT2D eigenvalue weighted by Gasteiger charge is -2.31. The molecule has 0 saturated heterocycles. The number of hydrogen-bond donors (Lipinski definition) is 1. The Labute approximate surface area is 101 Å². The van der Waals surface area contributed by atoms with Crippen LogP contribution in [0.25, 0.3) is 0 Å². The molecule has 0 radical (unpaired) electrons. The molecule has 2 rings (SSSR count). The maximum absolute atomic E-state index is 6.46. The van der Waals surface area contributed by atoms with E-state index in [4.69, 9.17) is 28.9 Å². The van der Waals surface area contributed by atoms with E-state index in [1.54, 1.807) is 0 Å². The van der Waals surface area contributed by atoms with Gasteiger partial charge in [-0.15, -0.1) is 0 Å². The van der Waals surface area contributed by atoms with E-state index in [1.807, 2.05) is 18.2 Å². The summed E-state index contributed by atoms with van der Waals surface area (Å²) in [6.45, 7) is 2.17. The lowest BCUT2D eigenvalue weighted by Crippen LogP contribution is -2.39. The first-order chi connectivity index (χ1) is 7.05. The van der Waals surface area contributed by atoms with E-state index in [9.17, 15) is 0 Å². The summed E-state index contributed by atoms with van der Waals surface area (Å²) in [5.41, 5.74) is 7.05. The Morgan fingerprint density at radius 3 is 2.40 bits per heavy atom. The van der Waals surface area contributed by atoms with Crippen LogP contribution in [0.1, 0.15) is 31.7 Å². The van der Waals surface area contributed by atoms with Crippen LogP contribution in [0.3, 0.4) is 0 Å². The maximum Gasteiger partial charge on any atom is 0.0471 e. The Balaban J connectivity index is 2.53. The number of benzene rings is 1. The minimum atomic E-state index is -0.338. The number of nitrogens with two attached hydrogens (primary N) is 1. The SMILES string of the molecule is CC1CCCC1(N)c1c(Cl)cccc1Cl. The van der Waals surface area contributed by atoms with E-state index < -0.39 is 0 Å². The molecule has 1 fully saturated rings. The van der Waals surface area contributed by atoms with Crippen LogP contribution in [0.5, 0.6) is 0 Å². The largest absolute Gasteiger partial charge is 0.321 e. The van der Waals surface area contributed by atoms with Crippen LogP contribution in [-0.4, -0.2) is 0 Å². The summed E-state index contributed by atoms with van der Waals surface area (Å²) < 4.78 is 0. The van der Waals surface area contributed by atoms with Crippen LogP contribution in [0.2, 0.25) is 10.0 Å². The Hall–Kier alpha value is -0.240. The summed E-state index contributed by atoms with van der Waals surface area (Å²) in [4.78, 5) is 0. The fourth-order valence-corrected chi connectivity index (χ4v) is 3.27. The summed E-state index contributed by atoms with van der Waals surface area (Å²) in [7, 11) is 0. The van der Waals surface area contributed by atoms with Crippen molar-refractivity contribution in [3.63, 3.8) is 0 Å². The third-order valence-corrected chi connectivity index (χ3v) is 4.17. The van der Waals surface area contributed by atoms with Crippen LogP contribution in [0, 0.1) is 5.92 Å². The third kappa shape index (κ3) is 1.77. The molecule has 3 heteroatoms. The van der Waals surface area contributed by atoms with Gasteiger partial charge in [0.25, 0.3) is 0 Å². The molecule has 0 bridgehead atoms. The Kier molecular flexibility index (Phi) is 2.98. The van der Waals surface area contributed by atoms with Crippen molar-refractivity contribution in [2.75, 3.05) is 0 Å². The van der Waals surface area contributed by atoms with E-state index >= 15 is 0 Å². The highest BCUT2D eigenvalue weighted by Crippen LogP contribution is 2.46. The molecule has 0 heterocycles. The van der Waals surface area contributed by atoms with E-state index in [1.165, 1.54) is 0 Å². The normalized spacial score (nSPS) is 30.8. The maximum atomic E-state index is 6.46. The summed E-state index contributed by atoms with van der Waals surface area (Å²) in [6.07, 6.45) is 3.27. The first-order valence-electron chi connectivity index (χ1n) is 5.29. The second kappa shape index (κ2) is 3.97. The van der Waals surface area contributed by atoms with Gasteiger partial charge in [-0.2, -0.15) is 0 Å². The second-order valence-electron chi connectivity index (χ2n) is 4.43. The summed E-state index contributed by atoms with van der Waals surface area (Å²) in [5, 5.41) is 1.39. The van der Waals surface area contributed by atoms with Gasteiger partial charge in [-0.3, -0.25) is 0 Å². The molecule has 82 valence electrons. The minimum Gasteiger partial charge on any atom is -0.321 e. The molecular weight excluding hydrogens is 229 g/mol. The summed E-state index contributed by atoms with van der Waals surface area (Å²) in [6, 6.07) is 5.59. The van der Waals surface area contributed by atoms with Gasteiger partial charge < -0.3 is 5.73 Å². The van der Waals surface area contributed by atoms with Crippen molar-refractivity contribution in [2.45, 2.75) is 31.7 Å². The number of rotatable bonds is 1. The van der Waals surface area contributed by atoms with Gasteiger partial charge in [0.1, 0.15) is 0 Å². The number of halogens is 2. The molecule has 0 aromatic heterocycles. The molecule has 1 nitrogen and oxygen atoms in total. The highest BCUT2D eigenvalue weighted by molar-refractivity contribution is 6.36. The molecular formula is C12H15Cl2N. The van der Waals surface area contributed by atoms with E-state index in [0.717, 1.165) is 24.8 Å². The lowest BCUT2D eigenvalue weighted by atomic mass is 9.82. The van der Waals surface area contributed by atoms with Gasteiger partial charge in [-0.1, -0.05) is 42.6 Å². The van der Waals surface area contributed by atoms with Crippen LogP contribution in [0.15, 0.2) is 18.2 Å². The predicted octanol–water partition coefficient (Wildman–Crippen LogP) is 3.97. The first kappa shape index (κ1) is 11.3. The molecule has 0 aliphatic heterocycles. The molecule has 1 aliphatic carbocycles. The standard InChI is InChI=1S/C12H15Cl2N/c1-8-4-3-7-12(8,15)11-9(13)5-2-6-10(11)14/h2,5-6,8H,3-4,7,15H2,1H3. The van der Waals surface area contributed by atoms with Gasteiger partial charge in [0.2, 0.25) is 0 Å². The molecule has 1 aliphatic rings. The topological polar surface area (TPSA) is 26.0 Å². The van der Waals surface area contributed by atoms with Crippen molar-refractivity contribution < 1.29 is 0 Å². The molecule has 2 unspecified atom stereocenters. The molecule has 2 N–H and O–H groups in total. The van der Waals surface area contributed by atoms with Crippen molar-refractivity contribution in [3.05, 3.63) is 33.8 Å². The average molecular weight is 244 g/mol. The van der Waals surface area contributed by atoms with Gasteiger partial charge in [0, 0.05) is 21.1 Å². The molecule has 1 aromatic carbocycles. The van der Waals surface area contributed by atoms with Crippen LogP contribution in [-0.2, 0) is 5.54 Å². The van der Waals surface area contributed by atoms with Gasteiger partial charge in [-0.25, -0.2) is 0 Å². The molecule has 1 saturated carbocycles. The van der Waals surface area contributed by atoms with Crippen molar-refractivity contribution in [2.24, 2.45) is 11.7 Å². The Bertz CT molecular complexity index is 358. The quantitative estimate of drug-likeness (QED) is 0.794. The van der Waals surface area contributed by atoms with Gasteiger partial charge >= 0.3 is 0 Å². The fraction of sp³-hybridized carbons (Fsp3) is 0.500. The van der Waals surface area contributed by atoms with Crippen LogP contribution < -0.4 is 5.73 Å². The highest BCUT2D eigenvalue weighted by Gasteiger charge is 2.40.